The van der Waals surface area contributed by atoms with Crippen LogP contribution in [0.2, 0.25) is 0 Å². The van der Waals surface area contributed by atoms with E-state index in [4.69, 9.17) is 0 Å². The van der Waals surface area contributed by atoms with Gasteiger partial charge in [-0.25, -0.2) is 9.97 Å². The van der Waals surface area contributed by atoms with Gasteiger partial charge in [0.1, 0.15) is 18.0 Å². The van der Waals surface area contributed by atoms with Crippen LogP contribution in [0.4, 0.5) is 11.6 Å². The zero-order valence-corrected chi connectivity index (χ0v) is 16.3. The molecule has 0 aliphatic carbocycles. The molecule has 1 atom stereocenters. The lowest BCUT2D eigenvalue weighted by molar-refractivity contribution is 0.326. The molecule has 0 bridgehead atoms. The smallest absolute Gasteiger partial charge is 0.134 e. The second-order valence-corrected chi connectivity index (χ2v) is 7.65. The van der Waals surface area contributed by atoms with Crippen molar-refractivity contribution in [3.8, 4) is 0 Å². The van der Waals surface area contributed by atoms with Crippen molar-refractivity contribution in [1.29, 1.82) is 0 Å². The van der Waals surface area contributed by atoms with Gasteiger partial charge in [0.25, 0.3) is 0 Å². The first-order valence-electron chi connectivity index (χ1n) is 8.64. The molecule has 1 aliphatic rings. The minimum Gasteiger partial charge on any atom is -0.363 e. The fourth-order valence-corrected chi connectivity index (χ4v) is 3.63. The van der Waals surface area contributed by atoms with Crippen molar-refractivity contribution in [1.82, 2.24) is 14.9 Å². The highest BCUT2D eigenvalue weighted by molar-refractivity contribution is 7.98. The van der Waals surface area contributed by atoms with Crippen LogP contribution in [0, 0.1) is 0 Å². The van der Waals surface area contributed by atoms with E-state index in [0.717, 1.165) is 31.3 Å². The third-order valence-corrected chi connectivity index (χ3v) is 5.56. The second kappa shape index (κ2) is 8.06. The number of thioether (sulfide) groups is 1. The summed E-state index contributed by atoms with van der Waals surface area (Å²) in [4.78, 5) is 16.9. The molecule has 0 N–H and O–H groups in total. The van der Waals surface area contributed by atoms with Crippen LogP contribution < -0.4 is 9.80 Å². The lowest BCUT2D eigenvalue weighted by Crippen LogP contribution is -2.35. The Morgan fingerprint density at radius 3 is 2.52 bits per heavy atom. The number of aromatic nitrogens is 2. The van der Waals surface area contributed by atoms with Crippen LogP contribution >= 0.6 is 11.8 Å². The van der Waals surface area contributed by atoms with Crippen LogP contribution in [0.15, 0.2) is 41.6 Å². The predicted molar refractivity (Wildman–Crippen MR) is 107 cm³/mol. The SMILES string of the molecule is CSc1ccc(CN2CCC(N(C)c3cc(N(C)C)ncn3)C2)cc1. The Morgan fingerprint density at radius 2 is 1.84 bits per heavy atom. The molecule has 0 saturated carbocycles. The molecule has 1 fully saturated rings. The van der Waals surface area contributed by atoms with Gasteiger partial charge in [-0.05, 0) is 30.4 Å². The summed E-state index contributed by atoms with van der Waals surface area (Å²) in [6.45, 7) is 3.22. The van der Waals surface area contributed by atoms with Crippen molar-refractivity contribution in [2.45, 2.75) is 23.9 Å². The number of likely N-dealkylation sites (N-methyl/N-ethyl adjacent to an activating group) is 1. The Balaban J connectivity index is 1.60. The zero-order chi connectivity index (χ0) is 17.8. The molecule has 2 aromatic rings. The standard InChI is InChI=1S/C19H27N5S/c1-22(2)18-11-19(21-14-20-18)23(3)16-9-10-24(13-16)12-15-5-7-17(25-4)8-6-15/h5-8,11,14,16H,9-10,12-13H2,1-4H3. The molecule has 1 aromatic carbocycles. The predicted octanol–water partition coefficient (Wildman–Crippen LogP) is 2.98. The van der Waals surface area contributed by atoms with Gasteiger partial charge in [-0.3, -0.25) is 4.90 Å². The summed E-state index contributed by atoms with van der Waals surface area (Å²) in [6, 6.07) is 11.5. The molecule has 3 rings (SSSR count). The van der Waals surface area contributed by atoms with Gasteiger partial charge >= 0.3 is 0 Å². The topological polar surface area (TPSA) is 35.5 Å². The van der Waals surface area contributed by atoms with E-state index < -0.39 is 0 Å². The third kappa shape index (κ3) is 4.44. The van der Waals surface area contributed by atoms with Crippen molar-refractivity contribution >= 4 is 23.4 Å². The Bertz CT molecular complexity index is 688. The number of rotatable bonds is 6. The van der Waals surface area contributed by atoms with Gasteiger partial charge in [-0.2, -0.15) is 0 Å². The first-order valence-corrected chi connectivity index (χ1v) is 9.87. The maximum Gasteiger partial charge on any atom is 0.134 e. The van der Waals surface area contributed by atoms with Gasteiger partial charge in [0.2, 0.25) is 0 Å². The fraction of sp³-hybridized carbons (Fsp3) is 0.474. The highest BCUT2D eigenvalue weighted by atomic mass is 32.2. The molecule has 1 saturated heterocycles. The molecule has 1 aliphatic heterocycles. The van der Waals surface area contributed by atoms with Gasteiger partial charge in [0, 0.05) is 57.8 Å². The van der Waals surface area contributed by atoms with Crippen molar-refractivity contribution in [3.63, 3.8) is 0 Å². The summed E-state index contributed by atoms with van der Waals surface area (Å²) in [7, 11) is 6.15. The number of benzene rings is 1. The summed E-state index contributed by atoms with van der Waals surface area (Å²) in [6.07, 6.45) is 4.94. The van der Waals surface area contributed by atoms with Crippen LogP contribution in [-0.2, 0) is 6.54 Å². The zero-order valence-electron chi connectivity index (χ0n) is 15.5. The van der Waals surface area contributed by atoms with Crippen LogP contribution in [0.3, 0.4) is 0 Å². The highest BCUT2D eigenvalue weighted by Crippen LogP contribution is 2.23. The van der Waals surface area contributed by atoms with E-state index in [2.05, 4.69) is 63.4 Å². The Morgan fingerprint density at radius 1 is 1.12 bits per heavy atom. The Labute approximate surface area is 155 Å². The molecule has 0 spiro atoms. The molecule has 25 heavy (non-hydrogen) atoms. The van der Waals surface area contributed by atoms with Crippen molar-refractivity contribution < 1.29 is 0 Å². The minimum absolute atomic E-state index is 0.496. The third-order valence-electron chi connectivity index (χ3n) is 4.82. The highest BCUT2D eigenvalue weighted by Gasteiger charge is 2.26. The molecule has 134 valence electrons. The molecule has 0 amide bonds. The average Bonchev–Trinajstić information content (AvgIpc) is 3.10. The summed E-state index contributed by atoms with van der Waals surface area (Å²) < 4.78 is 0. The van der Waals surface area contributed by atoms with Gasteiger partial charge in [-0.1, -0.05) is 12.1 Å². The number of likely N-dealkylation sites (tertiary alicyclic amines) is 1. The normalized spacial score (nSPS) is 17.7. The number of hydrogen-bond donors (Lipinski definition) is 0. The molecule has 1 aromatic heterocycles. The van der Waals surface area contributed by atoms with E-state index in [1.165, 1.54) is 16.9 Å². The number of hydrogen-bond acceptors (Lipinski definition) is 6. The van der Waals surface area contributed by atoms with Crippen LogP contribution in [0.25, 0.3) is 0 Å². The van der Waals surface area contributed by atoms with E-state index in [1.807, 2.05) is 19.0 Å². The van der Waals surface area contributed by atoms with E-state index in [-0.39, 0.29) is 0 Å². The lowest BCUT2D eigenvalue weighted by Gasteiger charge is -2.26. The first-order chi connectivity index (χ1) is 12.1. The van der Waals surface area contributed by atoms with E-state index in [1.54, 1.807) is 18.1 Å². The summed E-state index contributed by atoms with van der Waals surface area (Å²) >= 11 is 1.79. The summed E-state index contributed by atoms with van der Waals surface area (Å²) in [5.74, 6) is 1.94. The average molecular weight is 358 g/mol. The van der Waals surface area contributed by atoms with Gasteiger partial charge in [0.05, 0.1) is 0 Å². The monoisotopic (exact) mass is 357 g/mol. The fourth-order valence-electron chi connectivity index (χ4n) is 3.22. The van der Waals surface area contributed by atoms with Crippen molar-refractivity contribution in [2.75, 3.05) is 50.3 Å². The quantitative estimate of drug-likeness (QED) is 0.740. The largest absolute Gasteiger partial charge is 0.363 e. The Kier molecular flexibility index (Phi) is 5.81. The second-order valence-electron chi connectivity index (χ2n) is 6.77. The Hall–Kier alpha value is -1.79. The molecule has 1 unspecified atom stereocenters. The van der Waals surface area contributed by atoms with Crippen LogP contribution in [0.1, 0.15) is 12.0 Å². The maximum absolute atomic E-state index is 4.46. The molecular weight excluding hydrogens is 330 g/mol. The minimum atomic E-state index is 0.496. The van der Waals surface area contributed by atoms with Crippen molar-refractivity contribution in [3.05, 3.63) is 42.2 Å². The number of nitrogens with zero attached hydrogens (tertiary/aromatic N) is 5. The van der Waals surface area contributed by atoms with E-state index in [0.29, 0.717) is 6.04 Å². The summed E-state index contributed by atoms with van der Waals surface area (Å²) in [5, 5.41) is 0. The summed E-state index contributed by atoms with van der Waals surface area (Å²) in [5.41, 5.74) is 1.39. The molecule has 6 heteroatoms. The lowest BCUT2D eigenvalue weighted by atomic mass is 10.2. The van der Waals surface area contributed by atoms with Crippen molar-refractivity contribution in [2.24, 2.45) is 0 Å². The molecule has 5 nitrogen and oxygen atoms in total. The van der Waals surface area contributed by atoms with E-state index in [9.17, 15) is 0 Å². The van der Waals surface area contributed by atoms with Gasteiger partial charge < -0.3 is 9.80 Å². The van der Waals surface area contributed by atoms with E-state index >= 15 is 0 Å². The molecule has 0 radical (unpaired) electrons. The van der Waals surface area contributed by atoms with Gasteiger partial charge in [-0.15, -0.1) is 11.8 Å². The first kappa shape index (κ1) is 18.0. The van der Waals surface area contributed by atoms with Gasteiger partial charge in [0.15, 0.2) is 0 Å². The maximum atomic E-state index is 4.46. The van der Waals surface area contributed by atoms with Crippen LogP contribution in [-0.4, -0.2) is 61.4 Å². The number of anilines is 2. The van der Waals surface area contributed by atoms with Crippen LogP contribution in [0.5, 0.6) is 0 Å². The molecular formula is C19H27N5S. The molecule has 2 heterocycles.